The molecule has 0 unspecified atom stereocenters. The number of hydrogen-bond donors (Lipinski definition) is 0. The van der Waals surface area contributed by atoms with Crippen LogP contribution < -0.4 is 4.90 Å². The van der Waals surface area contributed by atoms with Crippen LogP contribution in [0.4, 0.5) is 5.69 Å². The molecule has 6 nitrogen and oxygen atoms in total. The van der Waals surface area contributed by atoms with Crippen LogP contribution in [0.15, 0.2) is 54.7 Å². The number of likely N-dealkylation sites (N-methyl/N-ethyl adjacent to an activating group) is 1. The summed E-state index contributed by atoms with van der Waals surface area (Å²) in [6.07, 6.45) is 6.97. The van der Waals surface area contributed by atoms with E-state index in [0.29, 0.717) is 23.2 Å². The maximum Gasteiger partial charge on any atom is 0.299 e. The third-order valence-electron chi connectivity index (χ3n) is 6.71. The Kier molecular flexibility index (Phi) is 7.46. The van der Waals surface area contributed by atoms with Crippen LogP contribution in [0.3, 0.4) is 0 Å². The van der Waals surface area contributed by atoms with Gasteiger partial charge in [0, 0.05) is 42.4 Å². The molecule has 3 aromatic rings. The van der Waals surface area contributed by atoms with Crippen LogP contribution in [0.1, 0.15) is 55.5 Å². The Hall–Kier alpha value is -3.41. The molecule has 1 fully saturated rings. The van der Waals surface area contributed by atoms with Crippen molar-refractivity contribution in [3.05, 3.63) is 65.9 Å². The summed E-state index contributed by atoms with van der Waals surface area (Å²) in [4.78, 5) is 43.1. The van der Waals surface area contributed by atoms with Crippen molar-refractivity contribution in [2.24, 2.45) is 0 Å². The average molecular weight is 460 g/mol. The van der Waals surface area contributed by atoms with Crippen LogP contribution in [-0.4, -0.2) is 46.7 Å². The maximum absolute atomic E-state index is 13.4. The number of anilines is 1. The van der Waals surface area contributed by atoms with E-state index in [4.69, 9.17) is 0 Å². The van der Waals surface area contributed by atoms with Gasteiger partial charge < -0.3 is 14.4 Å². The number of nitrogens with zero attached hydrogens (tertiary/aromatic N) is 3. The Morgan fingerprint density at radius 1 is 0.882 bits per heavy atom. The zero-order valence-electron chi connectivity index (χ0n) is 20.1. The van der Waals surface area contributed by atoms with Gasteiger partial charge in [-0.15, -0.1) is 0 Å². The van der Waals surface area contributed by atoms with Crippen LogP contribution in [0.2, 0.25) is 0 Å². The second kappa shape index (κ2) is 10.7. The van der Waals surface area contributed by atoms with E-state index in [0.717, 1.165) is 50.7 Å². The number of aromatic nitrogens is 1. The summed E-state index contributed by atoms with van der Waals surface area (Å²) < 4.78 is 1.81. The summed E-state index contributed by atoms with van der Waals surface area (Å²) in [5, 5.41) is 0.696. The van der Waals surface area contributed by atoms with Crippen LogP contribution in [0.5, 0.6) is 0 Å². The molecule has 0 saturated carbocycles. The SMILES string of the molecule is CCc1ccc(N(CC)C(=O)C(=O)c2cn(CC(=O)N3CCCCCC3)c3ccccc23)cc1. The molecule has 1 aliphatic heterocycles. The van der Waals surface area contributed by atoms with Crippen molar-refractivity contribution in [3.63, 3.8) is 0 Å². The predicted molar refractivity (Wildman–Crippen MR) is 135 cm³/mol. The van der Waals surface area contributed by atoms with Crippen LogP contribution in [0, 0.1) is 0 Å². The molecule has 4 rings (SSSR count). The zero-order valence-corrected chi connectivity index (χ0v) is 20.1. The van der Waals surface area contributed by atoms with E-state index in [-0.39, 0.29) is 12.5 Å². The van der Waals surface area contributed by atoms with Crippen molar-refractivity contribution >= 4 is 34.2 Å². The molecule has 2 heterocycles. The Balaban J connectivity index is 1.61. The minimum absolute atomic E-state index is 0.0548. The molecule has 1 aliphatic rings. The molecule has 34 heavy (non-hydrogen) atoms. The topological polar surface area (TPSA) is 62.6 Å². The first-order chi connectivity index (χ1) is 16.5. The van der Waals surface area contributed by atoms with Gasteiger partial charge in [-0.2, -0.15) is 0 Å². The minimum Gasteiger partial charge on any atom is -0.341 e. The first-order valence-corrected chi connectivity index (χ1v) is 12.3. The number of ketones is 1. The van der Waals surface area contributed by atoms with Gasteiger partial charge in [-0.05, 0) is 49.9 Å². The monoisotopic (exact) mass is 459 g/mol. The first kappa shape index (κ1) is 23.7. The molecule has 0 bridgehead atoms. The fraction of sp³-hybridized carbons (Fsp3) is 0.393. The molecule has 0 spiro atoms. The smallest absolute Gasteiger partial charge is 0.299 e. The molecule has 2 amide bonds. The third-order valence-corrected chi connectivity index (χ3v) is 6.71. The van der Waals surface area contributed by atoms with Crippen LogP contribution in [0.25, 0.3) is 10.9 Å². The van der Waals surface area contributed by atoms with E-state index in [9.17, 15) is 14.4 Å². The molecule has 6 heteroatoms. The van der Waals surface area contributed by atoms with Gasteiger partial charge in [0.05, 0.1) is 5.56 Å². The molecular formula is C28H33N3O3. The summed E-state index contributed by atoms with van der Waals surface area (Å²) in [5.41, 5.74) is 3.01. The lowest BCUT2D eigenvalue weighted by molar-refractivity contribution is -0.131. The Morgan fingerprint density at radius 3 is 2.21 bits per heavy atom. The number of amides is 2. The van der Waals surface area contributed by atoms with Gasteiger partial charge in [0.2, 0.25) is 5.91 Å². The highest BCUT2D eigenvalue weighted by atomic mass is 16.2. The number of carbonyl (C=O) groups is 3. The molecule has 0 N–H and O–H groups in total. The molecule has 0 radical (unpaired) electrons. The molecular weight excluding hydrogens is 426 g/mol. The van der Waals surface area contributed by atoms with E-state index in [1.165, 1.54) is 10.5 Å². The molecule has 2 aromatic carbocycles. The third kappa shape index (κ3) is 4.91. The van der Waals surface area contributed by atoms with E-state index < -0.39 is 11.7 Å². The Morgan fingerprint density at radius 2 is 1.56 bits per heavy atom. The lowest BCUT2D eigenvalue weighted by Gasteiger charge is -2.21. The summed E-state index contributed by atoms with van der Waals surface area (Å²) >= 11 is 0. The standard InChI is InChI=1S/C28H33N3O3/c1-3-21-13-15-22(16-14-21)31(4-2)28(34)27(33)24-19-30(25-12-8-7-11-23(24)25)20-26(32)29-17-9-5-6-10-18-29/h7-8,11-16,19H,3-6,9-10,17-18,20H2,1-2H3. The van der Waals surface area contributed by atoms with Gasteiger partial charge in [0.15, 0.2) is 0 Å². The number of carbonyl (C=O) groups excluding carboxylic acids is 3. The normalized spacial score (nSPS) is 14.1. The van der Waals surface area contributed by atoms with Crippen LogP contribution in [-0.2, 0) is 22.6 Å². The molecule has 1 aromatic heterocycles. The average Bonchev–Trinajstić information content (AvgIpc) is 3.03. The highest BCUT2D eigenvalue weighted by Crippen LogP contribution is 2.24. The van der Waals surface area contributed by atoms with E-state index in [2.05, 4.69) is 6.92 Å². The predicted octanol–water partition coefficient (Wildman–Crippen LogP) is 4.84. The summed E-state index contributed by atoms with van der Waals surface area (Å²) in [6, 6.07) is 15.2. The molecule has 0 atom stereocenters. The van der Waals surface area contributed by atoms with Crippen molar-refractivity contribution in [2.75, 3.05) is 24.5 Å². The quantitative estimate of drug-likeness (QED) is 0.375. The van der Waals surface area contributed by atoms with Gasteiger partial charge in [0.25, 0.3) is 11.7 Å². The van der Waals surface area contributed by atoms with Crippen molar-refractivity contribution in [1.29, 1.82) is 0 Å². The van der Waals surface area contributed by atoms with Crippen LogP contribution >= 0.6 is 0 Å². The van der Waals surface area contributed by atoms with Gasteiger partial charge in [-0.25, -0.2) is 0 Å². The number of fused-ring (bicyclic) bond motifs is 1. The lowest BCUT2D eigenvalue weighted by atomic mass is 10.1. The lowest BCUT2D eigenvalue weighted by Crippen LogP contribution is -2.36. The number of para-hydroxylation sites is 1. The van der Waals surface area contributed by atoms with Gasteiger partial charge in [-0.3, -0.25) is 14.4 Å². The molecule has 0 aliphatic carbocycles. The number of rotatable bonds is 7. The number of Topliss-reactive ketones (excluding diaryl/α,β-unsaturated/α-hetero) is 1. The number of hydrogen-bond acceptors (Lipinski definition) is 3. The highest BCUT2D eigenvalue weighted by molar-refractivity contribution is 6.48. The fourth-order valence-electron chi connectivity index (χ4n) is 4.72. The molecule has 178 valence electrons. The second-order valence-electron chi connectivity index (χ2n) is 8.88. The van der Waals surface area contributed by atoms with Crippen molar-refractivity contribution in [3.8, 4) is 0 Å². The van der Waals surface area contributed by atoms with E-state index >= 15 is 0 Å². The van der Waals surface area contributed by atoms with E-state index in [1.54, 1.807) is 6.20 Å². The summed E-state index contributed by atoms with van der Waals surface area (Å²) in [6.45, 7) is 6.06. The molecule has 1 saturated heterocycles. The van der Waals surface area contributed by atoms with Crippen molar-refractivity contribution in [2.45, 2.75) is 52.5 Å². The number of likely N-dealkylation sites (tertiary alicyclic amines) is 1. The second-order valence-corrected chi connectivity index (χ2v) is 8.88. The number of aryl methyl sites for hydroxylation is 1. The maximum atomic E-state index is 13.4. The van der Waals surface area contributed by atoms with Gasteiger partial charge in [-0.1, -0.05) is 50.1 Å². The first-order valence-electron chi connectivity index (χ1n) is 12.3. The summed E-state index contributed by atoms with van der Waals surface area (Å²) in [7, 11) is 0. The zero-order chi connectivity index (χ0) is 24.1. The van der Waals surface area contributed by atoms with E-state index in [1.807, 2.05) is 64.9 Å². The van der Waals surface area contributed by atoms with Crippen molar-refractivity contribution in [1.82, 2.24) is 9.47 Å². The Bertz CT molecular complexity index is 1170. The largest absolute Gasteiger partial charge is 0.341 e. The van der Waals surface area contributed by atoms with Crippen molar-refractivity contribution < 1.29 is 14.4 Å². The minimum atomic E-state index is -0.562. The van der Waals surface area contributed by atoms with Gasteiger partial charge in [0.1, 0.15) is 6.54 Å². The Labute approximate surface area is 201 Å². The number of benzene rings is 2. The highest BCUT2D eigenvalue weighted by Gasteiger charge is 2.27. The van der Waals surface area contributed by atoms with Gasteiger partial charge >= 0.3 is 0 Å². The summed E-state index contributed by atoms with van der Waals surface area (Å²) in [5.74, 6) is -1.06. The fourth-order valence-corrected chi connectivity index (χ4v) is 4.72.